The number of ether oxygens (including phenoxy) is 3. The predicted molar refractivity (Wildman–Crippen MR) is 160 cm³/mol. The molecule has 1 saturated carbocycles. The minimum atomic E-state index is -1.33. The second-order valence-electron chi connectivity index (χ2n) is 12.7. The average molecular weight is 624 g/mol. The van der Waals surface area contributed by atoms with Crippen LogP contribution in [-0.2, 0) is 19.1 Å². The lowest BCUT2D eigenvalue weighted by Gasteiger charge is -2.38. The lowest BCUT2D eigenvalue weighted by atomic mass is 9.73. The number of anilines is 1. The number of hydrogen-bond acceptors (Lipinski definition) is 6. The van der Waals surface area contributed by atoms with E-state index in [0.717, 1.165) is 25.3 Å². The number of nitrogens with one attached hydrogen (secondary N) is 2. The summed E-state index contributed by atoms with van der Waals surface area (Å²) in [5.74, 6) is -1.68. The third kappa shape index (κ3) is 4.74. The van der Waals surface area contributed by atoms with Crippen LogP contribution in [0.25, 0.3) is 0 Å². The van der Waals surface area contributed by atoms with Crippen molar-refractivity contribution in [2.75, 3.05) is 18.5 Å². The first-order valence-electron chi connectivity index (χ1n) is 15.3. The number of fused-ring (bicyclic) bond motifs is 2. The van der Waals surface area contributed by atoms with E-state index < -0.39 is 47.4 Å². The van der Waals surface area contributed by atoms with Crippen LogP contribution in [-0.4, -0.2) is 65.7 Å². The zero-order chi connectivity index (χ0) is 30.7. The Kier molecular flexibility index (Phi) is 7.32. The van der Waals surface area contributed by atoms with Crippen LogP contribution < -0.4 is 20.1 Å². The summed E-state index contributed by atoms with van der Waals surface area (Å²) in [5.41, 5.74) is -1.03. The van der Waals surface area contributed by atoms with Gasteiger partial charge in [-0.2, -0.15) is 0 Å². The van der Waals surface area contributed by atoms with Gasteiger partial charge in [0, 0.05) is 11.7 Å². The molecule has 2 saturated heterocycles. The average Bonchev–Trinajstić information content (AvgIpc) is 3.65. The number of likely N-dealkylation sites (tertiary alicyclic amines) is 1. The van der Waals surface area contributed by atoms with Crippen molar-refractivity contribution in [1.82, 2.24) is 10.2 Å². The minimum absolute atomic E-state index is 0.0373. The van der Waals surface area contributed by atoms with Gasteiger partial charge in [0.05, 0.1) is 29.5 Å². The van der Waals surface area contributed by atoms with Crippen LogP contribution in [0.2, 0.25) is 5.02 Å². The van der Waals surface area contributed by atoms with Gasteiger partial charge < -0.3 is 29.7 Å². The number of halogens is 2. The van der Waals surface area contributed by atoms with Gasteiger partial charge in [-0.25, -0.2) is 4.39 Å². The maximum atomic E-state index is 14.4. The van der Waals surface area contributed by atoms with Crippen molar-refractivity contribution in [2.24, 2.45) is 23.7 Å². The van der Waals surface area contributed by atoms with Crippen molar-refractivity contribution < 1.29 is 33.0 Å². The predicted octanol–water partition coefficient (Wildman–Crippen LogP) is 4.35. The van der Waals surface area contributed by atoms with Gasteiger partial charge in [0.15, 0.2) is 17.6 Å². The highest BCUT2D eigenvalue weighted by Crippen LogP contribution is 2.55. The van der Waals surface area contributed by atoms with Crippen LogP contribution in [0, 0.1) is 29.5 Å². The highest BCUT2D eigenvalue weighted by Gasteiger charge is 2.73. The third-order valence-corrected chi connectivity index (χ3v) is 10.4. The fraction of sp³-hybridized carbons (Fsp3) is 0.485. The van der Waals surface area contributed by atoms with Gasteiger partial charge in [-0.15, -0.1) is 0 Å². The quantitative estimate of drug-likeness (QED) is 0.464. The highest BCUT2D eigenvalue weighted by atomic mass is 35.5. The molecule has 5 aliphatic rings. The van der Waals surface area contributed by atoms with E-state index >= 15 is 0 Å². The monoisotopic (exact) mass is 623 g/mol. The molecule has 2 N–H and O–H groups in total. The van der Waals surface area contributed by atoms with Gasteiger partial charge in [-0.1, -0.05) is 62.6 Å². The third-order valence-electron chi connectivity index (χ3n) is 10.1. The standard InChI is InChI=1S/C33H35ClFN3O6/c1-17-6-5-7-23(18(17)2)37-31(40)29-33-13-12-26(44-33)27(30(39)36-19-10-11-22(35)21(34)14-19)28(33)32(41)38(29)15-20-16-42-24-8-3-4-9-25(24)43-20/h3-4,8-14,17-18,20,23,26-29H,5-7,15-16H2,1-2H3,(H,36,39)(H,37,40). The maximum absolute atomic E-state index is 14.4. The van der Waals surface area contributed by atoms with Gasteiger partial charge >= 0.3 is 0 Å². The van der Waals surface area contributed by atoms with Crippen molar-refractivity contribution in [3.05, 3.63) is 65.5 Å². The van der Waals surface area contributed by atoms with Crippen molar-refractivity contribution >= 4 is 35.0 Å². The largest absolute Gasteiger partial charge is 0.486 e. The number of rotatable bonds is 6. The van der Waals surface area contributed by atoms with E-state index in [4.69, 9.17) is 25.8 Å². The van der Waals surface area contributed by atoms with Gasteiger partial charge in [0.1, 0.15) is 24.1 Å². The van der Waals surface area contributed by atoms with Gasteiger partial charge in [0.25, 0.3) is 0 Å². The summed E-state index contributed by atoms with van der Waals surface area (Å²) in [7, 11) is 0. The van der Waals surface area contributed by atoms with Gasteiger partial charge in [-0.05, 0) is 48.6 Å². The van der Waals surface area contributed by atoms with Gasteiger partial charge in [-0.3, -0.25) is 14.4 Å². The van der Waals surface area contributed by atoms with Crippen LogP contribution in [0.1, 0.15) is 33.1 Å². The van der Waals surface area contributed by atoms with Crippen molar-refractivity contribution in [3.8, 4) is 11.5 Å². The summed E-state index contributed by atoms with van der Waals surface area (Å²) in [6.07, 6.45) is 5.28. The molecule has 11 heteroatoms. The number of nitrogens with zero attached hydrogens (tertiary/aromatic N) is 1. The number of carbonyl (C=O) groups excluding carboxylic acids is 3. The lowest BCUT2D eigenvalue weighted by Crippen LogP contribution is -2.59. The molecule has 44 heavy (non-hydrogen) atoms. The molecule has 2 aromatic rings. The zero-order valence-corrected chi connectivity index (χ0v) is 25.3. The Labute approximate surface area is 260 Å². The van der Waals surface area contributed by atoms with Crippen molar-refractivity contribution in [1.29, 1.82) is 0 Å². The van der Waals surface area contributed by atoms with E-state index in [1.807, 2.05) is 18.2 Å². The summed E-state index contributed by atoms with van der Waals surface area (Å²) < 4.78 is 32.3. The Bertz CT molecular complexity index is 1540. The number of amides is 3. The first-order valence-corrected chi connectivity index (χ1v) is 15.7. The maximum Gasteiger partial charge on any atom is 0.246 e. The van der Waals surface area contributed by atoms with Crippen LogP contribution >= 0.6 is 11.6 Å². The second kappa shape index (κ2) is 11.1. The molecular formula is C33H35ClFN3O6. The van der Waals surface area contributed by atoms with Crippen molar-refractivity contribution in [3.63, 3.8) is 0 Å². The van der Waals surface area contributed by atoms with E-state index in [1.54, 1.807) is 18.2 Å². The topological polar surface area (TPSA) is 106 Å². The summed E-state index contributed by atoms with van der Waals surface area (Å²) in [6, 6.07) is 10.1. The second-order valence-corrected chi connectivity index (χ2v) is 13.1. The molecule has 0 radical (unpaired) electrons. The molecule has 3 fully saturated rings. The lowest BCUT2D eigenvalue weighted by molar-refractivity contribution is -0.143. The first kappa shape index (κ1) is 29.1. The Morgan fingerprint density at radius 3 is 2.70 bits per heavy atom. The molecule has 2 aromatic carbocycles. The summed E-state index contributed by atoms with van der Waals surface area (Å²) in [4.78, 5) is 43.9. The van der Waals surface area contributed by atoms with E-state index in [2.05, 4.69) is 24.5 Å². The number of hydrogen-bond donors (Lipinski definition) is 2. The minimum Gasteiger partial charge on any atom is -0.486 e. The number of para-hydroxylation sites is 2. The Balaban J connectivity index is 1.19. The van der Waals surface area contributed by atoms with Crippen LogP contribution in [0.5, 0.6) is 11.5 Å². The molecule has 0 aromatic heterocycles. The molecule has 1 spiro atoms. The van der Waals surface area contributed by atoms with Crippen LogP contribution in [0.3, 0.4) is 0 Å². The molecule has 232 valence electrons. The molecular weight excluding hydrogens is 589 g/mol. The smallest absolute Gasteiger partial charge is 0.246 e. The van der Waals surface area contributed by atoms with E-state index in [-0.39, 0.29) is 41.9 Å². The highest BCUT2D eigenvalue weighted by molar-refractivity contribution is 6.31. The molecule has 1 aliphatic carbocycles. The number of carbonyl (C=O) groups is 3. The summed E-state index contributed by atoms with van der Waals surface area (Å²) in [6.45, 7) is 4.61. The molecule has 2 bridgehead atoms. The zero-order valence-electron chi connectivity index (χ0n) is 24.5. The fourth-order valence-electron chi connectivity index (χ4n) is 7.68. The SMILES string of the molecule is CC1CCCC(NC(=O)C2N(CC3COc4ccccc4O3)C(=O)C3C(C(=O)Nc4ccc(F)c(Cl)c4)C4C=CC32O4)C1C. The summed E-state index contributed by atoms with van der Waals surface area (Å²) >= 11 is 5.94. The molecule has 9 unspecified atom stereocenters. The van der Waals surface area contributed by atoms with E-state index in [0.29, 0.717) is 23.1 Å². The molecule has 9 nitrogen and oxygen atoms in total. The first-order chi connectivity index (χ1) is 21.2. The van der Waals surface area contributed by atoms with E-state index in [1.165, 1.54) is 17.0 Å². The fourth-order valence-corrected chi connectivity index (χ4v) is 7.86. The molecule has 4 aliphatic heterocycles. The normalized spacial score (nSPS) is 35.0. The molecule has 4 heterocycles. The van der Waals surface area contributed by atoms with Crippen molar-refractivity contribution in [2.45, 2.75) is 63.0 Å². The van der Waals surface area contributed by atoms with E-state index in [9.17, 15) is 18.8 Å². The number of benzene rings is 2. The molecule has 9 atom stereocenters. The Morgan fingerprint density at radius 2 is 1.91 bits per heavy atom. The summed E-state index contributed by atoms with van der Waals surface area (Å²) in [5, 5.41) is 5.90. The van der Waals surface area contributed by atoms with Crippen LogP contribution in [0.15, 0.2) is 54.6 Å². The Hall–Kier alpha value is -3.63. The molecule has 3 amide bonds. The molecule has 7 rings (SSSR count). The van der Waals surface area contributed by atoms with Gasteiger partial charge in [0.2, 0.25) is 17.7 Å². The van der Waals surface area contributed by atoms with Crippen LogP contribution in [0.4, 0.5) is 10.1 Å². The Morgan fingerprint density at radius 1 is 1.11 bits per heavy atom.